The number of carbonyl (C=O) groups excluding carboxylic acids is 1. The van der Waals surface area contributed by atoms with Crippen LogP contribution >= 0.6 is 0 Å². The van der Waals surface area contributed by atoms with Gasteiger partial charge in [-0.25, -0.2) is 0 Å². The van der Waals surface area contributed by atoms with E-state index in [1.165, 1.54) is 276 Å². The molecule has 0 aromatic rings. The van der Waals surface area contributed by atoms with Gasteiger partial charge in [0.2, 0.25) is 5.91 Å². The van der Waals surface area contributed by atoms with E-state index >= 15 is 0 Å². The summed E-state index contributed by atoms with van der Waals surface area (Å²) in [5.74, 6) is -0.138. The van der Waals surface area contributed by atoms with E-state index in [-0.39, 0.29) is 12.5 Å². The molecule has 7 atom stereocenters. The number of unbranched alkanes of at least 4 members (excludes halogenated alkanes) is 46. The monoisotopic (exact) mass is 1050 g/mol. The molecule has 1 fully saturated rings. The normalized spacial score (nSPS) is 18.9. The first-order valence-corrected chi connectivity index (χ1v) is 32.9. The third kappa shape index (κ3) is 43.9. The molecule has 1 amide bonds. The third-order valence-electron chi connectivity index (χ3n) is 16.1. The summed E-state index contributed by atoms with van der Waals surface area (Å²) in [6.45, 7) is 3.88. The summed E-state index contributed by atoms with van der Waals surface area (Å²) in [5, 5.41) is 54.7. The van der Waals surface area contributed by atoms with Crippen LogP contribution in [0.25, 0.3) is 0 Å². The van der Waals surface area contributed by atoms with Crippen molar-refractivity contribution in [3.05, 3.63) is 12.2 Å². The average molecular weight is 1050 g/mol. The molecular weight excluding hydrogens is 923 g/mol. The Balaban J connectivity index is 2.03. The Morgan fingerprint density at radius 3 is 1.09 bits per heavy atom. The highest BCUT2D eigenvalue weighted by molar-refractivity contribution is 5.76. The number of hydrogen-bond donors (Lipinski definition) is 6. The lowest BCUT2D eigenvalue weighted by Gasteiger charge is -2.40. The van der Waals surface area contributed by atoms with Crippen LogP contribution in [0.3, 0.4) is 0 Å². The second-order valence-corrected chi connectivity index (χ2v) is 23.3. The van der Waals surface area contributed by atoms with Crippen LogP contribution in [0.15, 0.2) is 12.2 Å². The molecular formula is C65H127NO8. The van der Waals surface area contributed by atoms with Crippen molar-refractivity contribution in [3.8, 4) is 0 Å². The van der Waals surface area contributed by atoms with Gasteiger partial charge in [0.15, 0.2) is 6.29 Å². The summed E-state index contributed by atoms with van der Waals surface area (Å²) in [7, 11) is 0. The van der Waals surface area contributed by atoms with E-state index in [0.29, 0.717) is 12.8 Å². The van der Waals surface area contributed by atoms with Crippen LogP contribution in [0.2, 0.25) is 0 Å². The van der Waals surface area contributed by atoms with Crippen molar-refractivity contribution in [2.45, 2.75) is 384 Å². The zero-order valence-electron chi connectivity index (χ0n) is 49.1. The topological polar surface area (TPSA) is 149 Å². The molecule has 0 radical (unpaired) electrons. The molecule has 1 heterocycles. The van der Waals surface area contributed by atoms with E-state index in [0.717, 1.165) is 38.5 Å². The molecule has 440 valence electrons. The van der Waals surface area contributed by atoms with Crippen molar-refractivity contribution in [2.75, 3.05) is 13.2 Å². The molecule has 0 spiro atoms. The Morgan fingerprint density at radius 2 is 0.757 bits per heavy atom. The molecule has 0 aromatic heterocycles. The minimum Gasteiger partial charge on any atom is -0.394 e. The molecule has 1 aliphatic rings. The number of hydrogen-bond acceptors (Lipinski definition) is 8. The lowest BCUT2D eigenvalue weighted by Crippen LogP contribution is -2.60. The third-order valence-corrected chi connectivity index (χ3v) is 16.1. The van der Waals surface area contributed by atoms with E-state index in [4.69, 9.17) is 9.47 Å². The van der Waals surface area contributed by atoms with Gasteiger partial charge in [-0.15, -0.1) is 0 Å². The summed E-state index contributed by atoms with van der Waals surface area (Å²) in [4.78, 5) is 13.1. The smallest absolute Gasteiger partial charge is 0.220 e. The van der Waals surface area contributed by atoms with Gasteiger partial charge < -0.3 is 40.3 Å². The van der Waals surface area contributed by atoms with Crippen LogP contribution in [0.1, 0.15) is 341 Å². The van der Waals surface area contributed by atoms with Crippen LogP contribution in [-0.2, 0) is 14.3 Å². The van der Waals surface area contributed by atoms with E-state index in [9.17, 15) is 30.3 Å². The Kier molecular flexibility index (Phi) is 53.0. The van der Waals surface area contributed by atoms with Gasteiger partial charge in [-0.1, -0.05) is 309 Å². The van der Waals surface area contributed by atoms with Crippen LogP contribution in [0, 0.1) is 0 Å². The minimum atomic E-state index is -1.55. The number of rotatable bonds is 58. The van der Waals surface area contributed by atoms with Crippen molar-refractivity contribution < 1.29 is 39.8 Å². The molecule has 9 heteroatoms. The highest BCUT2D eigenvalue weighted by atomic mass is 16.7. The largest absolute Gasteiger partial charge is 0.394 e. The lowest BCUT2D eigenvalue weighted by atomic mass is 9.99. The number of aliphatic hydroxyl groups is 5. The van der Waals surface area contributed by atoms with Crippen LogP contribution in [0.4, 0.5) is 0 Å². The first-order chi connectivity index (χ1) is 36.3. The maximum atomic E-state index is 13.1. The fourth-order valence-electron chi connectivity index (χ4n) is 10.9. The minimum absolute atomic E-state index is 0.133. The molecule has 74 heavy (non-hydrogen) atoms. The molecule has 0 bridgehead atoms. The zero-order chi connectivity index (χ0) is 53.6. The van der Waals surface area contributed by atoms with Gasteiger partial charge in [0.05, 0.1) is 25.4 Å². The summed E-state index contributed by atoms with van der Waals surface area (Å²) in [6, 6.07) is -0.715. The molecule has 0 saturated carbocycles. The van der Waals surface area contributed by atoms with Crippen molar-refractivity contribution >= 4 is 5.91 Å². The molecule has 0 aliphatic carbocycles. The Labute approximate surface area is 458 Å². The van der Waals surface area contributed by atoms with Crippen LogP contribution in [-0.4, -0.2) is 87.5 Å². The fraction of sp³-hybridized carbons (Fsp3) is 0.954. The molecule has 1 saturated heterocycles. The zero-order valence-corrected chi connectivity index (χ0v) is 49.1. The van der Waals surface area contributed by atoms with Crippen molar-refractivity contribution in [1.29, 1.82) is 0 Å². The SMILES string of the molecule is CCCCCCCCCCCCCCCCCC/C=C\CCCCCCCCCCCCCCCCCCCC(=O)NC(COC1OC(CO)C(O)C(O)C1O)C(O)CCCCCCCCCCCCCCCC. The number of amides is 1. The number of nitrogens with one attached hydrogen (secondary N) is 1. The van der Waals surface area contributed by atoms with Crippen molar-refractivity contribution in [3.63, 3.8) is 0 Å². The molecule has 0 aromatic carbocycles. The summed E-state index contributed by atoms with van der Waals surface area (Å²) in [5.41, 5.74) is 0. The van der Waals surface area contributed by atoms with Crippen LogP contribution < -0.4 is 5.32 Å². The first-order valence-electron chi connectivity index (χ1n) is 32.9. The van der Waals surface area contributed by atoms with Gasteiger partial charge in [-0.05, 0) is 38.5 Å². The standard InChI is InChI=1S/C65H127NO8/c1-3-5-7-9-11-13-15-17-19-20-21-22-23-24-25-26-27-28-29-30-31-32-33-34-35-36-37-38-39-40-41-43-45-47-49-51-53-55-61(69)66-58(57-73-65-64(72)63(71)62(70)60(56-67)74-65)59(68)54-52-50-48-46-44-42-18-16-14-12-10-8-6-4-2/h28-29,58-60,62-65,67-68,70-72H,3-27,30-57H2,1-2H3,(H,66,69)/b29-28-. The number of ether oxygens (including phenoxy) is 2. The number of aliphatic hydroxyl groups excluding tert-OH is 5. The second-order valence-electron chi connectivity index (χ2n) is 23.3. The van der Waals surface area contributed by atoms with Gasteiger partial charge in [0.1, 0.15) is 24.4 Å². The van der Waals surface area contributed by atoms with E-state index in [1.54, 1.807) is 0 Å². The van der Waals surface area contributed by atoms with E-state index < -0.39 is 49.5 Å². The lowest BCUT2D eigenvalue weighted by molar-refractivity contribution is -0.302. The van der Waals surface area contributed by atoms with E-state index in [2.05, 4.69) is 31.3 Å². The van der Waals surface area contributed by atoms with Gasteiger partial charge in [0.25, 0.3) is 0 Å². The van der Waals surface area contributed by atoms with Crippen LogP contribution in [0.5, 0.6) is 0 Å². The van der Waals surface area contributed by atoms with Gasteiger partial charge >= 0.3 is 0 Å². The Hall–Kier alpha value is -1.07. The van der Waals surface area contributed by atoms with Crippen molar-refractivity contribution in [2.24, 2.45) is 0 Å². The fourth-order valence-corrected chi connectivity index (χ4v) is 10.9. The van der Waals surface area contributed by atoms with E-state index in [1.807, 2.05) is 0 Å². The number of carbonyl (C=O) groups is 1. The summed E-state index contributed by atoms with van der Waals surface area (Å²) >= 11 is 0. The van der Waals surface area contributed by atoms with Gasteiger partial charge in [-0.3, -0.25) is 4.79 Å². The summed E-state index contributed by atoms with van der Waals surface area (Å²) < 4.78 is 11.3. The average Bonchev–Trinajstić information content (AvgIpc) is 3.40. The van der Waals surface area contributed by atoms with Gasteiger partial charge in [0, 0.05) is 6.42 Å². The predicted octanol–water partition coefficient (Wildman–Crippen LogP) is 17.1. The van der Waals surface area contributed by atoms with Gasteiger partial charge in [-0.2, -0.15) is 0 Å². The highest BCUT2D eigenvalue weighted by Crippen LogP contribution is 2.24. The maximum Gasteiger partial charge on any atom is 0.220 e. The summed E-state index contributed by atoms with van der Waals surface area (Å²) in [6.07, 6.45) is 62.9. The molecule has 6 N–H and O–H groups in total. The second kappa shape index (κ2) is 55.3. The highest BCUT2D eigenvalue weighted by Gasteiger charge is 2.44. The van der Waals surface area contributed by atoms with Crippen molar-refractivity contribution in [1.82, 2.24) is 5.32 Å². The first kappa shape index (κ1) is 70.9. The molecule has 9 nitrogen and oxygen atoms in total. The molecule has 1 aliphatic heterocycles. The number of allylic oxidation sites excluding steroid dienone is 2. The predicted molar refractivity (Wildman–Crippen MR) is 314 cm³/mol. The maximum absolute atomic E-state index is 13.1. The molecule has 7 unspecified atom stereocenters. The quantitative estimate of drug-likeness (QED) is 0.0261. The Morgan fingerprint density at radius 1 is 0.446 bits per heavy atom. The molecule has 1 rings (SSSR count). The Bertz CT molecular complexity index is 1170.